The highest BCUT2D eigenvalue weighted by atomic mass is 19.2. The van der Waals surface area contributed by atoms with E-state index in [1.807, 2.05) is 12.1 Å². The maximum Gasteiger partial charge on any atom is 0.346 e. The van der Waals surface area contributed by atoms with Crippen molar-refractivity contribution in [1.29, 1.82) is 0 Å². The van der Waals surface area contributed by atoms with Gasteiger partial charge in [0.05, 0.1) is 11.8 Å². The quantitative estimate of drug-likeness (QED) is 0.305. The second-order valence-electron chi connectivity index (χ2n) is 7.41. The summed E-state index contributed by atoms with van der Waals surface area (Å²) in [5.41, 5.74) is 0.749. The highest BCUT2D eigenvalue weighted by molar-refractivity contribution is 5.91. The van der Waals surface area contributed by atoms with Gasteiger partial charge in [0.1, 0.15) is 5.75 Å². The molecular formula is C24H26F2O3. The van der Waals surface area contributed by atoms with Gasteiger partial charge in [-0.05, 0) is 74.3 Å². The van der Waals surface area contributed by atoms with E-state index >= 15 is 0 Å². The summed E-state index contributed by atoms with van der Waals surface area (Å²) in [4.78, 5) is 12.3. The maximum absolute atomic E-state index is 14.2. The minimum absolute atomic E-state index is 0.292. The van der Waals surface area contributed by atoms with Crippen LogP contribution < -0.4 is 9.47 Å². The zero-order valence-electron chi connectivity index (χ0n) is 16.8. The van der Waals surface area contributed by atoms with Crippen molar-refractivity contribution < 1.29 is 23.0 Å². The van der Waals surface area contributed by atoms with Crippen LogP contribution in [0.5, 0.6) is 11.5 Å². The number of benzene rings is 2. The summed E-state index contributed by atoms with van der Waals surface area (Å²) < 4.78 is 38.5. The van der Waals surface area contributed by atoms with Crippen LogP contribution in [0.25, 0.3) is 0 Å². The molecule has 29 heavy (non-hydrogen) atoms. The van der Waals surface area contributed by atoms with Crippen LogP contribution in [0.15, 0.2) is 48.7 Å². The second-order valence-corrected chi connectivity index (χ2v) is 7.41. The predicted octanol–water partition coefficient (Wildman–Crippen LogP) is 6.78. The van der Waals surface area contributed by atoms with Gasteiger partial charge >= 0.3 is 5.97 Å². The molecule has 2 aromatic carbocycles. The lowest BCUT2D eigenvalue weighted by molar-refractivity contribution is 0.0728. The summed E-state index contributed by atoms with van der Waals surface area (Å²) >= 11 is 0. The maximum atomic E-state index is 14.2. The number of halogens is 2. The summed E-state index contributed by atoms with van der Waals surface area (Å²) in [5, 5.41) is 0. The zero-order chi connectivity index (χ0) is 20.8. The van der Waals surface area contributed by atoms with Crippen molar-refractivity contribution >= 4 is 5.97 Å². The Hall–Kier alpha value is -2.69. The zero-order valence-corrected chi connectivity index (χ0v) is 16.8. The smallest absolute Gasteiger partial charge is 0.346 e. The summed E-state index contributed by atoms with van der Waals surface area (Å²) in [7, 11) is 0. The van der Waals surface area contributed by atoms with E-state index < -0.39 is 23.2 Å². The molecule has 0 heterocycles. The Morgan fingerprint density at radius 1 is 1.03 bits per heavy atom. The van der Waals surface area contributed by atoms with Gasteiger partial charge in [-0.25, -0.2) is 9.18 Å². The van der Waals surface area contributed by atoms with Crippen LogP contribution in [0.3, 0.4) is 0 Å². The van der Waals surface area contributed by atoms with Gasteiger partial charge in [0.15, 0.2) is 11.6 Å². The molecule has 0 unspecified atom stereocenters. The molecule has 1 fully saturated rings. The summed E-state index contributed by atoms with van der Waals surface area (Å²) in [6.07, 6.45) is 8.84. The molecule has 3 nitrogen and oxygen atoms in total. The van der Waals surface area contributed by atoms with Crippen LogP contribution in [0.2, 0.25) is 0 Å². The molecule has 1 aliphatic carbocycles. The van der Waals surface area contributed by atoms with Gasteiger partial charge in [-0.15, -0.1) is 0 Å². The van der Waals surface area contributed by atoms with Crippen LogP contribution in [-0.4, -0.2) is 5.97 Å². The van der Waals surface area contributed by atoms with E-state index in [1.54, 1.807) is 25.1 Å². The number of esters is 1. The molecule has 154 valence electrons. The molecule has 0 N–H and O–H groups in total. The molecule has 0 spiro atoms. The Labute approximate surface area is 170 Å². The SMILES string of the molecule is CC=COc1ccc(C(=O)Oc2ccc(C3CCC(CC)CC3)cc2)c(F)c1F. The number of carbonyl (C=O) groups is 1. The van der Waals surface area contributed by atoms with Gasteiger partial charge in [-0.3, -0.25) is 0 Å². The van der Waals surface area contributed by atoms with Crippen LogP contribution in [0.1, 0.15) is 67.8 Å². The Morgan fingerprint density at radius 3 is 2.34 bits per heavy atom. The van der Waals surface area contributed by atoms with Gasteiger partial charge < -0.3 is 9.47 Å². The monoisotopic (exact) mass is 400 g/mol. The summed E-state index contributed by atoms with van der Waals surface area (Å²) in [6.45, 7) is 3.92. The lowest BCUT2D eigenvalue weighted by Gasteiger charge is -2.28. The molecule has 0 amide bonds. The average molecular weight is 400 g/mol. The first kappa shape index (κ1) is 21.0. The molecule has 0 bridgehead atoms. The number of ether oxygens (including phenoxy) is 2. The fourth-order valence-electron chi connectivity index (χ4n) is 3.80. The molecule has 0 aliphatic heterocycles. The number of allylic oxidation sites excluding steroid dienone is 1. The molecule has 1 aliphatic rings. The predicted molar refractivity (Wildman–Crippen MR) is 108 cm³/mol. The minimum Gasteiger partial charge on any atom is -0.462 e. The van der Waals surface area contributed by atoms with Crippen LogP contribution in [-0.2, 0) is 0 Å². The third-order valence-electron chi connectivity index (χ3n) is 5.58. The van der Waals surface area contributed by atoms with E-state index in [0.717, 1.165) is 12.0 Å². The van der Waals surface area contributed by atoms with E-state index in [0.29, 0.717) is 11.7 Å². The second kappa shape index (κ2) is 9.68. The molecule has 0 aromatic heterocycles. The fraction of sp³-hybridized carbons (Fsp3) is 0.375. The van der Waals surface area contributed by atoms with Gasteiger partial charge in [0.2, 0.25) is 5.82 Å². The van der Waals surface area contributed by atoms with Crippen LogP contribution in [0.4, 0.5) is 8.78 Å². The summed E-state index contributed by atoms with van der Waals surface area (Å²) in [6, 6.07) is 9.66. The van der Waals surface area contributed by atoms with Crippen LogP contribution in [0, 0.1) is 17.6 Å². The van der Waals surface area contributed by atoms with E-state index in [1.165, 1.54) is 50.0 Å². The van der Waals surface area contributed by atoms with Crippen molar-refractivity contribution in [3.05, 3.63) is 71.5 Å². The van der Waals surface area contributed by atoms with E-state index in [9.17, 15) is 13.6 Å². The van der Waals surface area contributed by atoms with Crippen molar-refractivity contribution in [2.75, 3.05) is 0 Å². The number of hydrogen-bond acceptors (Lipinski definition) is 3. The lowest BCUT2D eigenvalue weighted by atomic mass is 9.78. The highest BCUT2D eigenvalue weighted by Gasteiger charge is 2.23. The standard InChI is InChI=1S/C24H26F2O3/c1-3-15-28-21-14-13-20(22(25)23(21)26)24(27)29-19-11-9-18(10-12-19)17-7-5-16(4-2)6-8-17/h3,9-17H,4-8H2,1-2H3. The number of rotatable bonds is 6. The minimum atomic E-state index is -1.29. The summed E-state index contributed by atoms with van der Waals surface area (Å²) in [5.74, 6) is -2.10. The van der Waals surface area contributed by atoms with Crippen LogP contribution >= 0.6 is 0 Å². The van der Waals surface area contributed by atoms with E-state index in [2.05, 4.69) is 6.92 Å². The Bertz CT molecular complexity index is 866. The van der Waals surface area contributed by atoms with Crippen molar-refractivity contribution in [1.82, 2.24) is 0 Å². The molecule has 1 saturated carbocycles. The first-order chi connectivity index (χ1) is 14.0. The first-order valence-corrected chi connectivity index (χ1v) is 10.1. The molecule has 0 radical (unpaired) electrons. The Kier molecular flexibility index (Phi) is 7.02. The van der Waals surface area contributed by atoms with Crippen molar-refractivity contribution in [2.24, 2.45) is 5.92 Å². The number of carbonyl (C=O) groups excluding carboxylic acids is 1. The Balaban J connectivity index is 1.66. The molecule has 0 saturated heterocycles. The normalized spacial score (nSPS) is 19.3. The third-order valence-corrected chi connectivity index (χ3v) is 5.58. The molecule has 0 atom stereocenters. The number of hydrogen-bond donors (Lipinski definition) is 0. The van der Waals surface area contributed by atoms with Gasteiger partial charge in [0, 0.05) is 0 Å². The largest absolute Gasteiger partial charge is 0.462 e. The van der Waals surface area contributed by atoms with Crippen molar-refractivity contribution in [3.8, 4) is 11.5 Å². The third kappa shape index (κ3) is 5.03. The average Bonchev–Trinajstić information content (AvgIpc) is 2.75. The Morgan fingerprint density at radius 2 is 1.72 bits per heavy atom. The molecular weight excluding hydrogens is 374 g/mol. The van der Waals surface area contributed by atoms with E-state index in [-0.39, 0.29) is 5.75 Å². The molecule has 5 heteroatoms. The molecule has 3 rings (SSSR count). The first-order valence-electron chi connectivity index (χ1n) is 10.1. The highest BCUT2D eigenvalue weighted by Crippen LogP contribution is 2.37. The van der Waals surface area contributed by atoms with Crippen molar-refractivity contribution in [2.45, 2.75) is 51.9 Å². The van der Waals surface area contributed by atoms with Gasteiger partial charge in [-0.1, -0.05) is 31.6 Å². The van der Waals surface area contributed by atoms with Gasteiger partial charge in [-0.2, -0.15) is 4.39 Å². The fourth-order valence-corrected chi connectivity index (χ4v) is 3.80. The molecule has 2 aromatic rings. The van der Waals surface area contributed by atoms with Crippen molar-refractivity contribution in [3.63, 3.8) is 0 Å². The lowest BCUT2D eigenvalue weighted by Crippen LogP contribution is -2.13. The van der Waals surface area contributed by atoms with E-state index in [4.69, 9.17) is 9.47 Å². The topological polar surface area (TPSA) is 35.5 Å². The van der Waals surface area contributed by atoms with Gasteiger partial charge in [0.25, 0.3) is 0 Å².